The Morgan fingerprint density at radius 1 is 1.47 bits per heavy atom. The molecule has 0 saturated carbocycles. The van der Waals surface area contributed by atoms with Crippen molar-refractivity contribution in [2.75, 3.05) is 13.7 Å². The minimum absolute atomic E-state index is 0.702. The van der Waals surface area contributed by atoms with Crippen molar-refractivity contribution in [1.82, 2.24) is 4.98 Å². The van der Waals surface area contributed by atoms with Crippen LogP contribution < -0.4 is 10.5 Å². The fourth-order valence-electron chi connectivity index (χ4n) is 1.15. The molecule has 1 aromatic heterocycles. The van der Waals surface area contributed by atoms with Crippen LogP contribution in [0.2, 0.25) is 0 Å². The fraction of sp³-hybridized carbons (Fsp3) is 0.417. The molecular weight excluding hydrogens is 188 g/mol. The summed E-state index contributed by atoms with van der Waals surface area (Å²) in [7, 11) is 1.62. The van der Waals surface area contributed by atoms with Crippen molar-refractivity contribution in [1.29, 1.82) is 0 Å². The van der Waals surface area contributed by atoms with E-state index in [1.165, 1.54) is 0 Å². The Morgan fingerprint density at radius 3 is 3.07 bits per heavy atom. The molecule has 0 bridgehead atoms. The third kappa shape index (κ3) is 4.01. The summed E-state index contributed by atoms with van der Waals surface area (Å²) in [4.78, 5) is 4.14. The number of pyridine rings is 1. The molecular formula is C12H16N2O. The van der Waals surface area contributed by atoms with Crippen LogP contribution in [0.1, 0.15) is 25.0 Å². The van der Waals surface area contributed by atoms with Crippen molar-refractivity contribution >= 4 is 0 Å². The van der Waals surface area contributed by atoms with E-state index in [0.717, 1.165) is 31.6 Å². The Morgan fingerprint density at radius 2 is 2.33 bits per heavy atom. The Bertz CT molecular complexity index is 352. The number of unbranched alkanes of at least 4 members (excludes halogenated alkanes) is 2. The van der Waals surface area contributed by atoms with E-state index in [4.69, 9.17) is 10.5 Å². The largest absolute Gasteiger partial charge is 0.494 e. The lowest BCUT2D eigenvalue weighted by molar-refractivity contribution is 0.411. The minimum atomic E-state index is 0.702. The van der Waals surface area contributed by atoms with E-state index in [9.17, 15) is 0 Å². The maximum absolute atomic E-state index is 5.39. The van der Waals surface area contributed by atoms with Gasteiger partial charge in [-0.2, -0.15) is 0 Å². The van der Waals surface area contributed by atoms with E-state index in [-0.39, 0.29) is 0 Å². The van der Waals surface area contributed by atoms with Gasteiger partial charge in [0.25, 0.3) is 0 Å². The number of aromatic nitrogens is 1. The SMILES string of the molecule is COc1cccnc1C#CCCCCN. The van der Waals surface area contributed by atoms with Crippen LogP contribution in [-0.2, 0) is 0 Å². The summed E-state index contributed by atoms with van der Waals surface area (Å²) >= 11 is 0. The smallest absolute Gasteiger partial charge is 0.155 e. The third-order valence-corrected chi connectivity index (χ3v) is 1.95. The number of hydrogen-bond acceptors (Lipinski definition) is 3. The lowest BCUT2D eigenvalue weighted by Gasteiger charge is -1.99. The minimum Gasteiger partial charge on any atom is -0.494 e. The second-order valence-electron chi connectivity index (χ2n) is 3.10. The molecule has 0 amide bonds. The van der Waals surface area contributed by atoms with Crippen LogP contribution in [0.5, 0.6) is 5.75 Å². The zero-order valence-corrected chi connectivity index (χ0v) is 8.99. The normalized spacial score (nSPS) is 9.20. The molecule has 0 atom stereocenters. The molecule has 1 aromatic rings. The molecule has 0 fully saturated rings. The van der Waals surface area contributed by atoms with Gasteiger partial charge in [-0.15, -0.1) is 0 Å². The average Bonchev–Trinajstić information content (AvgIpc) is 2.29. The number of hydrogen-bond donors (Lipinski definition) is 1. The van der Waals surface area contributed by atoms with Crippen molar-refractivity contribution in [3.05, 3.63) is 24.0 Å². The summed E-state index contributed by atoms with van der Waals surface area (Å²) < 4.78 is 5.14. The molecule has 0 aliphatic heterocycles. The Balaban J connectivity index is 2.55. The molecule has 0 aliphatic carbocycles. The molecule has 2 N–H and O–H groups in total. The highest BCUT2D eigenvalue weighted by molar-refractivity contribution is 5.40. The molecule has 0 radical (unpaired) electrons. The summed E-state index contributed by atoms with van der Waals surface area (Å²) in [6.45, 7) is 0.731. The number of nitrogens with two attached hydrogens (primary N) is 1. The van der Waals surface area contributed by atoms with Crippen LogP contribution in [0.25, 0.3) is 0 Å². The summed E-state index contributed by atoms with van der Waals surface area (Å²) in [5.74, 6) is 6.79. The van der Waals surface area contributed by atoms with Gasteiger partial charge >= 0.3 is 0 Å². The first kappa shape index (κ1) is 11.5. The molecule has 0 aromatic carbocycles. The highest BCUT2D eigenvalue weighted by Crippen LogP contribution is 2.12. The van der Waals surface area contributed by atoms with Gasteiger partial charge in [0.2, 0.25) is 0 Å². The monoisotopic (exact) mass is 204 g/mol. The predicted octanol–water partition coefficient (Wildman–Crippen LogP) is 1.57. The van der Waals surface area contributed by atoms with Crippen molar-refractivity contribution < 1.29 is 4.74 Å². The van der Waals surface area contributed by atoms with Gasteiger partial charge in [0.1, 0.15) is 0 Å². The van der Waals surface area contributed by atoms with Gasteiger partial charge in [-0.1, -0.05) is 5.92 Å². The zero-order chi connectivity index (χ0) is 10.9. The van der Waals surface area contributed by atoms with Gasteiger partial charge in [0.05, 0.1) is 7.11 Å². The maximum atomic E-state index is 5.39. The molecule has 1 heterocycles. The van der Waals surface area contributed by atoms with E-state index in [0.29, 0.717) is 5.69 Å². The standard InChI is InChI=1S/C12H16N2O/c1-15-12-8-6-10-14-11(12)7-4-2-3-5-9-13/h6,8,10H,2-3,5,9,13H2,1H3. The van der Waals surface area contributed by atoms with Crippen LogP contribution >= 0.6 is 0 Å². The summed E-state index contributed by atoms with van der Waals surface area (Å²) in [5, 5.41) is 0. The zero-order valence-electron chi connectivity index (χ0n) is 8.99. The summed E-state index contributed by atoms with van der Waals surface area (Å²) in [6, 6.07) is 3.69. The molecule has 0 saturated heterocycles. The molecule has 1 rings (SSSR count). The quantitative estimate of drug-likeness (QED) is 0.598. The Hall–Kier alpha value is -1.53. The molecule has 3 heteroatoms. The van der Waals surface area contributed by atoms with E-state index in [2.05, 4.69) is 16.8 Å². The number of methoxy groups -OCH3 is 1. The molecule has 0 spiro atoms. The van der Waals surface area contributed by atoms with Crippen LogP contribution in [0.15, 0.2) is 18.3 Å². The molecule has 0 unspecified atom stereocenters. The van der Waals surface area contributed by atoms with E-state index < -0.39 is 0 Å². The lowest BCUT2D eigenvalue weighted by Crippen LogP contribution is -1.97. The Kier molecular flexibility index (Phi) is 5.28. The van der Waals surface area contributed by atoms with Crippen molar-refractivity contribution in [2.24, 2.45) is 5.73 Å². The first-order valence-corrected chi connectivity index (χ1v) is 5.06. The highest BCUT2D eigenvalue weighted by Gasteiger charge is 1.97. The number of ether oxygens (including phenoxy) is 1. The van der Waals surface area contributed by atoms with Crippen molar-refractivity contribution in [3.63, 3.8) is 0 Å². The fourth-order valence-corrected chi connectivity index (χ4v) is 1.15. The van der Waals surface area contributed by atoms with Gasteiger partial charge in [0.15, 0.2) is 11.4 Å². The predicted molar refractivity (Wildman–Crippen MR) is 60.6 cm³/mol. The van der Waals surface area contributed by atoms with Crippen LogP contribution in [0.3, 0.4) is 0 Å². The van der Waals surface area contributed by atoms with Gasteiger partial charge in [-0.25, -0.2) is 4.98 Å². The van der Waals surface area contributed by atoms with Gasteiger partial charge < -0.3 is 10.5 Å². The van der Waals surface area contributed by atoms with Crippen LogP contribution in [0, 0.1) is 11.8 Å². The van der Waals surface area contributed by atoms with Crippen LogP contribution in [0.4, 0.5) is 0 Å². The number of rotatable bonds is 4. The van der Waals surface area contributed by atoms with Crippen molar-refractivity contribution in [3.8, 4) is 17.6 Å². The maximum Gasteiger partial charge on any atom is 0.155 e. The first-order valence-electron chi connectivity index (χ1n) is 5.06. The van der Waals surface area contributed by atoms with Crippen molar-refractivity contribution in [2.45, 2.75) is 19.3 Å². The first-order chi connectivity index (χ1) is 7.38. The molecule has 80 valence electrons. The molecule has 15 heavy (non-hydrogen) atoms. The Labute approximate surface area is 90.7 Å². The summed E-state index contributed by atoms with van der Waals surface area (Å²) in [6.07, 6.45) is 4.63. The lowest BCUT2D eigenvalue weighted by atomic mass is 10.2. The van der Waals surface area contributed by atoms with Gasteiger partial charge in [0, 0.05) is 12.6 Å². The van der Waals surface area contributed by atoms with Crippen LogP contribution in [-0.4, -0.2) is 18.6 Å². The average molecular weight is 204 g/mol. The second-order valence-corrected chi connectivity index (χ2v) is 3.10. The highest BCUT2D eigenvalue weighted by atomic mass is 16.5. The summed E-state index contributed by atoms with van der Waals surface area (Å²) in [5.41, 5.74) is 6.09. The van der Waals surface area contributed by atoms with Gasteiger partial charge in [-0.05, 0) is 37.4 Å². The van der Waals surface area contributed by atoms with E-state index in [1.54, 1.807) is 13.3 Å². The van der Waals surface area contributed by atoms with E-state index >= 15 is 0 Å². The molecule has 0 aliphatic rings. The second kappa shape index (κ2) is 6.86. The topological polar surface area (TPSA) is 48.1 Å². The van der Waals surface area contributed by atoms with E-state index in [1.807, 2.05) is 12.1 Å². The van der Waals surface area contributed by atoms with Gasteiger partial charge in [-0.3, -0.25) is 0 Å². The number of nitrogens with zero attached hydrogens (tertiary/aromatic N) is 1. The molecule has 3 nitrogen and oxygen atoms in total. The third-order valence-electron chi connectivity index (χ3n) is 1.95.